The summed E-state index contributed by atoms with van der Waals surface area (Å²) in [6.07, 6.45) is 1.21. The molecule has 3 aromatic carbocycles. The third kappa shape index (κ3) is 9.26. The molecule has 10 heteroatoms. The van der Waals surface area contributed by atoms with Gasteiger partial charge in [0.05, 0.1) is 11.5 Å². The minimum absolute atomic E-state index is 0.0165. The van der Waals surface area contributed by atoms with Crippen molar-refractivity contribution in [2.75, 3.05) is 20.3 Å². The summed E-state index contributed by atoms with van der Waals surface area (Å²) < 4.78 is 50.1. The summed E-state index contributed by atoms with van der Waals surface area (Å²) in [5.41, 5.74) is 2.91. The van der Waals surface area contributed by atoms with Crippen LogP contribution in [0.4, 0.5) is 4.39 Å². The van der Waals surface area contributed by atoms with Crippen molar-refractivity contribution in [2.24, 2.45) is 11.8 Å². The van der Waals surface area contributed by atoms with E-state index in [0.29, 0.717) is 35.3 Å². The average molecular weight is 575 g/mol. The van der Waals surface area contributed by atoms with E-state index >= 15 is 0 Å². The van der Waals surface area contributed by atoms with Gasteiger partial charge in [0.25, 0.3) is 17.0 Å². The Morgan fingerprint density at radius 2 is 1.74 bits per heavy atom. The molecule has 0 fully saturated rings. The summed E-state index contributed by atoms with van der Waals surface area (Å²) in [6, 6.07) is 18.0. The number of ketones is 1. The van der Waals surface area contributed by atoms with Crippen LogP contribution in [-0.4, -0.2) is 46.5 Å². The average Bonchev–Trinajstić information content (AvgIpc) is 2.88. The normalized spacial score (nSPS) is 13.2. The Hall–Kier alpha value is -2.56. The van der Waals surface area contributed by atoms with Crippen molar-refractivity contribution in [2.45, 2.75) is 37.8 Å². The molecule has 0 amide bonds. The highest BCUT2D eigenvalue weighted by Crippen LogP contribution is 2.29. The van der Waals surface area contributed by atoms with Gasteiger partial charge < -0.3 is 9.76 Å². The number of aryl methyl sites for hydroxylation is 1. The molecule has 0 radical (unpaired) electrons. The Morgan fingerprint density at radius 3 is 2.36 bits per heavy atom. The van der Waals surface area contributed by atoms with Crippen LogP contribution in [0, 0.1) is 24.6 Å². The Kier molecular flexibility index (Phi) is 11.3. The molecule has 0 saturated carbocycles. The lowest BCUT2D eigenvalue weighted by atomic mass is 9.61. The van der Waals surface area contributed by atoms with Crippen molar-refractivity contribution < 1.29 is 31.5 Å². The molecule has 0 aromatic heterocycles. The lowest BCUT2D eigenvalue weighted by Gasteiger charge is -2.23. The molecule has 3 aromatic rings. The number of hydrogen-bond acceptors (Lipinski definition) is 6. The quantitative estimate of drug-likeness (QED) is 0.192. The van der Waals surface area contributed by atoms with Crippen LogP contribution >= 0.6 is 11.6 Å². The van der Waals surface area contributed by atoms with Crippen molar-refractivity contribution in [3.63, 3.8) is 0 Å². The minimum atomic E-state index is -4.06. The number of hydrogen-bond donors (Lipinski definition) is 1. The zero-order valence-electron chi connectivity index (χ0n) is 22.3. The predicted octanol–water partition coefficient (Wildman–Crippen LogP) is 5.85. The van der Waals surface area contributed by atoms with Gasteiger partial charge in [0, 0.05) is 23.6 Å². The number of halogens is 2. The fraction of sp³-hybridized carbons (Fsp3) is 0.345. The Balaban J connectivity index is 1.76. The van der Waals surface area contributed by atoms with E-state index in [1.165, 1.54) is 31.4 Å². The highest BCUT2D eigenvalue weighted by molar-refractivity contribution is 7.86. The first-order chi connectivity index (χ1) is 18.5. The molecule has 2 atom stereocenters. The predicted molar refractivity (Wildman–Crippen MR) is 152 cm³/mol. The molecule has 0 aliphatic heterocycles. The Labute approximate surface area is 235 Å². The maximum atomic E-state index is 14.3. The Morgan fingerprint density at radius 1 is 1.08 bits per heavy atom. The third-order valence-electron chi connectivity index (χ3n) is 6.49. The lowest BCUT2D eigenvalue weighted by molar-refractivity contribution is -0.128. The highest BCUT2D eigenvalue weighted by Gasteiger charge is 2.28. The number of methoxy groups -OCH3 is 1. The highest BCUT2D eigenvalue weighted by atomic mass is 35.5. The minimum Gasteiger partial charge on any atom is -0.451 e. The first kappa shape index (κ1) is 31.0. The van der Waals surface area contributed by atoms with Gasteiger partial charge >= 0.3 is 0 Å². The van der Waals surface area contributed by atoms with Gasteiger partial charge in [-0.25, -0.2) is 4.39 Å². The fourth-order valence-corrected chi connectivity index (χ4v) is 5.64. The molecule has 208 valence electrons. The number of ether oxygens (including phenoxy) is 1. The molecule has 0 bridgehead atoms. The van der Waals surface area contributed by atoms with Crippen LogP contribution in [0.5, 0.6) is 0 Å². The standard InChI is InChI=1S/C29H33BClFO6S/c1-20-4-11-26(12-5-20)39(35,36)38-18-24(29(33)19-37-3)15-22(17-30(2)34)14-21-6-8-23(9-7-21)27-16-25(31)10-13-28(27)32/h4-13,16,22,24,34H,14-15,17-19H2,1-3H3/t22-,24+/m1/s1. The molecule has 0 unspecified atom stereocenters. The summed E-state index contributed by atoms with van der Waals surface area (Å²) in [4.78, 5) is 12.9. The van der Waals surface area contributed by atoms with Crippen LogP contribution in [0.1, 0.15) is 17.5 Å². The second kappa shape index (κ2) is 14.2. The number of carbonyl (C=O) groups is 1. The number of rotatable bonds is 14. The van der Waals surface area contributed by atoms with Gasteiger partial charge in [-0.3, -0.25) is 8.98 Å². The van der Waals surface area contributed by atoms with Crippen LogP contribution in [0.15, 0.2) is 71.6 Å². The van der Waals surface area contributed by atoms with Gasteiger partial charge in [-0.15, -0.1) is 0 Å². The van der Waals surface area contributed by atoms with Crippen LogP contribution in [0.2, 0.25) is 18.2 Å². The van der Waals surface area contributed by atoms with Crippen LogP contribution in [0.3, 0.4) is 0 Å². The van der Waals surface area contributed by atoms with Gasteiger partial charge in [0.15, 0.2) is 5.78 Å². The van der Waals surface area contributed by atoms with E-state index in [0.717, 1.165) is 11.1 Å². The summed E-state index contributed by atoms with van der Waals surface area (Å²) in [6.45, 7) is 2.37. The molecular weight excluding hydrogens is 542 g/mol. The largest absolute Gasteiger partial charge is 0.451 e. The molecule has 0 spiro atoms. The van der Waals surface area contributed by atoms with Crippen molar-refractivity contribution >= 4 is 34.4 Å². The van der Waals surface area contributed by atoms with Crippen LogP contribution in [0.25, 0.3) is 11.1 Å². The number of carbonyl (C=O) groups excluding carboxylic acids is 1. The summed E-state index contributed by atoms with van der Waals surface area (Å²) in [5.74, 6) is -1.57. The molecule has 0 saturated heterocycles. The summed E-state index contributed by atoms with van der Waals surface area (Å²) in [5, 5.41) is 10.6. The monoisotopic (exact) mass is 574 g/mol. The van der Waals surface area contributed by atoms with E-state index in [1.807, 2.05) is 19.1 Å². The maximum Gasteiger partial charge on any atom is 0.296 e. The topological polar surface area (TPSA) is 89.9 Å². The van der Waals surface area contributed by atoms with Gasteiger partial charge in [-0.2, -0.15) is 8.42 Å². The van der Waals surface area contributed by atoms with E-state index < -0.39 is 23.0 Å². The van der Waals surface area contributed by atoms with Crippen LogP contribution < -0.4 is 0 Å². The van der Waals surface area contributed by atoms with Gasteiger partial charge in [-0.1, -0.05) is 60.4 Å². The maximum absolute atomic E-state index is 14.3. The summed E-state index contributed by atoms with van der Waals surface area (Å²) in [7, 11) is -2.66. The Bertz CT molecular complexity index is 1350. The molecule has 0 aliphatic carbocycles. The molecule has 0 aliphatic rings. The smallest absolute Gasteiger partial charge is 0.296 e. The first-order valence-electron chi connectivity index (χ1n) is 12.7. The zero-order valence-corrected chi connectivity index (χ0v) is 23.8. The van der Waals surface area contributed by atoms with Crippen molar-refractivity contribution in [3.05, 3.63) is 88.7 Å². The second-order valence-electron chi connectivity index (χ2n) is 9.86. The van der Waals surface area contributed by atoms with Gasteiger partial charge in [-0.05, 0) is 73.5 Å². The number of benzene rings is 3. The second-order valence-corrected chi connectivity index (χ2v) is 11.9. The SMILES string of the molecule is COCC(=O)[C@H](COS(=O)(=O)c1ccc(C)cc1)C[C@H](CB(C)O)Cc1ccc(-c2cc(Cl)ccc2F)cc1. The van der Waals surface area contributed by atoms with Crippen molar-refractivity contribution in [1.29, 1.82) is 0 Å². The van der Waals surface area contributed by atoms with Gasteiger partial charge in [0.2, 0.25) is 0 Å². The molecule has 39 heavy (non-hydrogen) atoms. The van der Waals surface area contributed by atoms with E-state index in [4.69, 9.17) is 20.5 Å². The summed E-state index contributed by atoms with van der Waals surface area (Å²) >= 11 is 6.03. The van der Waals surface area contributed by atoms with Crippen molar-refractivity contribution in [1.82, 2.24) is 0 Å². The fourth-order valence-electron chi connectivity index (χ4n) is 4.52. The molecule has 6 nitrogen and oxygen atoms in total. The van der Waals surface area contributed by atoms with E-state index in [2.05, 4.69) is 0 Å². The van der Waals surface area contributed by atoms with Crippen molar-refractivity contribution in [3.8, 4) is 11.1 Å². The van der Waals surface area contributed by atoms with E-state index in [1.54, 1.807) is 37.2 Å². The van der Waals surface area contributed by atoms with E-state index in [9.17, 15) is 22.6 Å². The van der Waals surface area contributed by atoms with Crippen LogP contribution in [-0.2, 0) is 30.3 Å². The molecule has 3 rings (SSSR count). The lowest BCUT2D eigenvalue weighted by Crippen LogP contribution is -2.29. The first-order valence-corrected chi connectivity index (χ1v) is 14.5. The zero-order chi connectivity index (χ0) is 28.6. The molecule has 0 heterocycles. The third-order valence-corrected chi connectivity index (χ3v) is 8.02. The molecule has 1 N–H and O–H groups in total. The van der Waals surface area contributed by atoms with E-state index in [-0.39, 0.29) is 35.6 Å². The number of Topliss-reactive ketones (excluding diaryl/α,β-unsaturated/α-hetero) is 1. The van der Waals surface area contributed by atoms with Gasteiger partial charge in [0.1, 0.15) is 12.4 Å². The molecular formula is C29H33BClFO6S.